The van der Waals surface area contributed by atoms with Gasteiger partial charge in [-0.15, -0.1) is 0 Å². The fourth-order valence-corrected chi connectivity index (χ4v) is 2.50. The summed E-state index contributed by atoms with van der Waals surface area (Å²) in [5.74, 6) is -0.366. The maximum atomic E-state index is 12.2. The van der Waals surface area contributed by atoms with Crippen molar-refractivity contribution in [1.29, 1.82) is 5.26 Å². The van der Waals surface area contributed by atoms with E-state index in [2.05, 4.69) is 10.3 Å². The van der Waals surface area contributed by atoms with Gasteiger partial charge in [-0.05, 0) is 45.4 Å². The van der Waals surface area contributed by atoms with E-state index < -0.39 is 17.4 Å². The molecule has 2 rings (SSSR count). The molecule has 1 aromatic carbocycles. The number of imidazole rings is 1. The molecule has 9 heteroatoms. The molecule has 0 spiro atoms. The number of nitrogens with zero attached hydrogens (tertiary/aromatic N) is 2. The van der Waals surface area contributed by atoms with Gasteiger partial charge >= 0.3 is 11.8 Å². The van der Waals surface area contributed by atoms with Gasteiger partial charge in [0, 0.05) is 0 Å². The molecule has 8 nitrogen and oxygen atoms in total. The average molecular weight is 379 g/mol. The summed E-state index contributed by atoms with van der Waals surface area (Å²) in [5, 5.41) is 22.1. The number of H-pyrrole nitrogens is 1. The van der Waals surface area contributed by atoms with Gasteiger partial charge in [-0.1, -0.05) is 11.6 Å². The minimum Gasteiger partial charge on any atom is -0.493 e. The number of alkyl carbamates (subject to hydrolysis) is 1. The van der Waals surface area contributed by atoms with E-state index in [1.807, 2.05) is 6.07 Å². The third-order valence-electron chi connectivity index (χ3n) is 3.47. The van der Waals surface area contributed by atoms with Gasteiger partial charge < -0.3 is 20.1 Å². The van der Waals surface area contributed by atoms with Gasteiger partial charge in [0.25, 0.3) is 0 Å². The molecule has 0 aliphatic rings. The zero-order chi connectivity index (χ0) is 19.6. The van der Waals surface area contributed by atoms with Crippen LogP contribution in [0.2, 0.25) is 5.02 Å². The third-order valence-corrected chi connectivity index (χ3v) is 3.96. The Balaban J connectivity index is 2.32. The zero-order valence-electron chi connectivity index (χ0n) is 14.8. The number of rotatable bonds is 3. The molecular formula is C17H19ClN4O4. The van der Waals surface area contributed by atoms with Crippen molar-refractivity contribution in [2.45, 2.75) is 39.8 Å². The highest BCUT2D eigenvalue weighted by Gasteiger charge is 2.20. The number of hydrogen-bond donors (Lipinski definition) is 3. The molecule has 0 radical (unpaired) electrons. The smallest absolute Gasteiger partial charge is 0.407 e. The molecule has 3 N–H and O–H groups in total. The van der Waals surface area contributed by atoms with E-state index >= 15 is 0 Å². The molecule has 0 aliphatic carbocycles. The minimum atomic E-state index is -0.678. The van der Waals surface area contributed by atoms with Crippen LogP contribution in [0.25, 0.3) is 5.69 Å². The van der Waals surface area contributed by atoms with E-state index in [9.17, 15) is 14.7 Å². The van der Waals surface area contributed by atoms with Crippen LogP contribution in [0.3, 0.4) is 0 Å². The van der Waals surface area contributed by atoms with Gasteiger partial charge in [-0.2, -0.15) is 5.26 Å². The van der Waals surface area contributed by atoms with Gasteiger partial charge in [0.2, 0.25) is 5.88 Å². The second-order valence-electron chi connectivity index (χ2n) is 6.61. The quantitative estimate of drug-likeness (QED) is 0.758. The standard InChI is InChI=1S/C17H19ClN4O4/c1-9-12(6-5-10(7-19)13(9)18)22-14(23)11(21-15(22)24)8-20-16(25)26-17(2,3)4/h5-6,23H,8H2,1-4H3,(H,20,25)(H,21,24). The number of aromatic hydroxyl groups is 1. The molecule has 0 bridgehead atoms. The summed E-state index contributed by atoms with van der Waals surface area (Å²) in [6.07, 6.45) is -0.678. The Morgan fingerprint density at radius 3 is 2.69 bits per heavy atom. The lowest BCUT2D eigenvalue weighted by molar-refractivity contribution is 0.0522. The predicted octanol–water partition coefficient (Wildman–Crippen LogP) is 2.73. The second-order valence-corrected chi connectivity index (χ2v) is 6.98. The molecule has 1 aromatic heterocycles. The Morgan fingerprint density at radius 1 is 1.46 bits per heavy atom. The first kappa shape index (κ1) is 19.4. The molecule has 1 amide bonds. The number of ether oxygens (including phenoxy) is 1. The first-order valence-corrected chi connectivity index (χ1v) is 8.12. The molecule has 138 valence electrons. The monoisotopic (exact) mass is 378 g/mol. The summed E-state index contributed by atoms with van der Waals surface area (Å²) >= 11 is 6.12. The summed E-state index contributed by atoms with van der Waals surface area (Å²) in [6, 6.07) is 4.92. The second kappa shape index (κ2) is 7.14. The van der Waals surface area contributed by atoms with Crippen LogP contribution in [0, 0.1) is 18.3 Å². The third kappa shape index (κ3) is 4.00. The van der Waals surface area contributed by atoms with Gasteiger partial charge in [0.1, 0.15) is 17.4 Å². The number of nitrogens with one attached hydrogen (secondary N) is 2. The minimum absolute atomic E-state index is 0.112. The normalized spacial score (nSPS) is 11.1. The predicted molar refractivity (Wildman–Crippen MR) is 95.6 cm³/mol. The SMILES string of the molecule is Cc1c(-n2c(O)c(CNC(=O)OC(C)(C)C)[nH]c2=O)ccc(C#N)c1Cl. The van der Waals surface area contributed by atoms with Crippen LogP contribution >= 0.6 is 11.6 Å². The number of hydrogen-bond acceptors (Lipinski definition) is 5. The van der Waals surface area contributed by atoms with Gasteiger partial charge in [-0.3, -0.25) is 0 Å². The molecular weight excluding hydrogens is 360 g/mol. The van der Waals surface area contributed by atoms with Crippen LogP contribution in [0.5, 0.6) is 5.88 Å². The lowest BCUT2D eigenvalue weighted by Gasteiger charge is -2.19. The highest BCUT2D eigenvalue weighted by Crippen LogP contribution is 2.28. The Bertz CT molecular complexity index is 947. The van der Waals surface area contributed by atoms with Gasteiger partial charge in [0.05, 0.1) is 22.8 Å². The van der Waals surface area contributed by atoms with Crippen LogP contribution in [0.15, 0.2) is 16.9 Å². The number of carbonyl (C=O) groups excluding carboxylic acids is 1. The molecule has 0 saturated heterocycles. The van der Waals surface area contributed by atoms with Crippen molar-refractivity contribution in [3.8, 4) is 17.6 Å². The topological polar surface area (TPSA) is 120 Å². The van der Waals surface area contributed by atoms with E-state index in [0.717, 1.165) is 4.57 Å². The maximum absolute atomic E-state index is 12.2. The Labute approximate surface area is 155 Å². The summed E-state index contributed by atoms with van der Waals surface area (Å²) in [5.41, 5.74) is -0.0945. The lowest BCUT2D eigenvalue weighted by Crippen LogP contribution is -2.32. The van der Waals surface area contributed by atoms with Crippen LogP contribution in [-0.2, 0) is 11.3 Å². The van der Waals surface area contributed by atoms with Crippen molar-refractivity contribution in [1.82, 2.24) is 14.9 Å². The first-order chi connectivity index (χ1) is 12.0. The van der Waals surface area contributed by atoms with E-state index in [1.54, 1.807) is 27.7 Å². The average Bonchev–Trinajstić information content (AvgIpc) is 2.81. The van der Waals surface area contributed by atoms with Crippen molar-refractivity contribution in [3.05, 3.63) is 44.5 Å². The van der Waals surface area contributed by atoms with E-state index in [0.29, 0.717) is 11.3 Å². The molecule has 0 saturated carbocycles. The van der Waals surface area contributed by atoms with Gasteiger partial charge in [0.15, 0.2) is 0 Å². The van der Waals surface area contributed by atoms with Crippen molar-refractivity contribution < 1.29 is 14.6 Å². The highest BCUT2D eigenvalue weighted by molar-refractivity contribution is 6.32. The summed E-state index contributed by atoms with van der Waals surface area (Å²) < 4.78 is 6.13. The number of amides is 1. The van der Waals surface area contributed by atoms with Crippen LogP contribution in [0.1, 0.15) is 37.6 Å². The molecule has 2 aromatic rings. The fraction of sp³-hybridized carbons (Fsp3) is 0.353. The maximum Gasteiger partial charge on any atom is 0.407 e. The van der Waals surface area contributed by atoms with Crippen molar-refractivity contribution in [2.75, 3.05) is 0 Å². The summed E-state index contributed by atoms with van der Waals surface area (Å²) in [6.45, 7) is 6.67. The molecule has 0 atom stereocenters. The largest absolute Gasteiger partial charge is 0.493 e. The molecule has 1 heterocycles. The summed E-state index contributed by atoms with van der Waals surface area (Å²) in [4.78, 5) is 26.4. The zero-order valence-corrected chi connectivity index (χ0v) is 15.6. The Morgan fingerprint density at radius 2 is 2.12 bits per heavy atom. The Kier molecular flexibility index (Phi) is 5.33. The van der Waals surface area contributed by atoms with Crippen LogP contribution < -0.4 is 11.0 Å². The summed E-state index contributed by atoms with van der Waals surface area (Å²) in [7, 11) is 0. The number of halogens is 1. The molecule has 0 unspecified atom stereocenters. The molecule has 26 heavy (non-hydrogen) atoms. The fourth-order valence-electron chi connectivity index (χ4n) is 2.30. The van der Waals surface area contributed by atoms with Crippen molar-refractivity contribution in [2.24, 2.45) is 0 Å². The van der Waals surface area contributed by atoms with E-state index in [1.165, 1.54) is 12.1 Å². The van der Waals surface area contributed by atoms with E-state index in [-0.39, 0.29) is 28.7 Å². The lowest BCUT2D eigenvalue weighted by atomic mass is 10.1. The van der Waals surface area contributed by atoms with Crippen molar-refractivity contribution >= 4 is 17.7 Å². The Hall–Kier alpha value is -2.92. The van der Waals surface area contributed by atoms with E-state index in [4.69, 9.17) is 21.6 Å². The molecule has 0 fully saturated rings. The first-order valence-electron chi connectivity index (χ1n) is 7.74. The van der Waals surface area contributed by atoms with Crippen molar-refractivity contribution in [3.63, 3.8) is 0 Å². The number of aromatic amines is 1. The van der Waals surface area contributed by atoms with Crippen LogP contribution in [0.4, 0.5) is 4.79 Å². The highest BCUT2D eigenvalue weighted by atomic mass is 35.5. The number of aromatic nitrogens is 2. The van der Waals surface area contributed by atoms with Crippen LogP contribution in [-0.4, -0.2) is 26.4 Å². The number of carbonyl (C=O) groups is 1. The molecule has 0 aliphatic heterocycles. The van der Waals surface area contributed by atoms with Gasteiger partial charge in [-0.25, -0.2) is 14.2 Å². The number of nitriles is 1. The number of benzene rings is 1.